The van der Waals surface area contributed by atoms with Gasteiger partial charge >= 0.3 is 5.97 Å². The molecule has 0 aliphatic heterocycles. The number of amides is 1. The first-order chi connectivity index (χ1) is 13.2. The summed E-state index contributed by atoms with van der Waals surface area (Å²) in [6.45, 7) is 3.04. The Hall–Kier alpha value is -2.21. The van der Waals surface area contributed by atoms with Crippen LogP contribution < -0.4 is 5.32 Å². The van der Waals surface area contributed by atoms with E-state index in [0.29, 0.717) is 29.5 Å². The van der Waals surface area contributed by atoms with Gasteiger partial charge in [-0.1, -0.05) is 0 Å². The van der Waals surface area contributed by atoms with E-state index in [9.17, 15) is 19.5 Å². The Morgan fingerprint density at radius 3 is 2.25 bits per heavy atom. The van der Waals surface area contributed by atoms with E-state index in [1.807, 2.05) is 0 Å². The monoisotopic (exact) mass is 385 g/mol. The Balaban J connectivity index is 1.39. The van der Waals surface area contributed by atoms with E-state index < -0.39 is 23.0 Å². The zero-order valence-corrected chi connectivity index (χ0v) is 16.4. The molecule has 4 aliphatic carbocycles. The number of Topliss-reactive ketones (excluding diaryl/α,β-unsaturated/α-hetero) is 1. The zero-order chi connectivity index (χ0) is 20.1. The molecule has 1 amide bonds. The third-order valence-electron chi connectivity index (χ3n) is 6.68. The summed E-state index contributed by atoms with van der Waals surface area (Å²) in [6, 6.07) is 6.59. The van der Waals surface area contributed by atoms with Crippen molar-refractivity contribution in [2.75, 3.05) is 5.32 Å². The maximum Gasteiger partial charge on any atom is 0.312 e. The van der Waals surface area contributed by atoms with Gasteiger partial charge in [-0.3, -0.25) is 14.4 Å². The minimum Gasteiger partial charge on any atom is -0.452 e. The lowest BCUT2D eigenvalue weighted by Gasteiger charge is -2.58. The second-order valence-electron chi connectivity index (χ2n) is 9.14. The summed E-state index contributed by atoms with van der Waals surface area (Å²) in [7, 11) is 0. The fraction of sp³-hybridized carbons (Fsp3) is 0.591. The molecule has 5 atom stereocenters. The van der Waals surface area contributed by atoms with Crippen LogP contribution in [-0.2, 0) is 14.3 Å². The molecule has 6 heteroatoms. The van der Waals surface area contributed by atoms with E-state index in [-0.39, 0.29) is 11.8 Å². The maximum absolute atomic E-state index is 13.0. The highest BCUT2D eigenvalue weighted by atomic mass is 16.5. The van der Waals surface area contributed by atoms with E-state index in [1.54, 1.807) is 31.2 Å². The van der Waals surface area contributed by atoms with Gasteiger partial charge in [-0.2, -0.15) is 0 Å². The number of anilines is 1. The fourth-order valence-corrected chi connectivity index (χ4v) is 5.82. The van der Waals surface area contributed by atoms with Crippen LogP contribution in [0.2, 0.25) is 0 Å². The number of nitrogens with one attached hydrogen (secondary N) is 1. The third kappa shape index (κ3) is 3.46. The van der Waals surface area contributed by atoms with Crippen LogP contribution in [0.25, 0.3) is 0 Å². The minimum atomic E-state index is -0.928. The number of esters is 1. The molecule has 4 saturated carbocycles. The molecular weight excluding hydrogens is 358 g/mol. The molecule has 0 heterocycles. The van der Waals surface area contributed by atoms with Gasteiger partial charge in [0.25, 0.3) is 5.91 Å². The molecular formula is C22H27NO5. The highest BCUT2D eigenvalue weighted by Crippen LogP contribution is 2.62. The van der Waals surface area contributed by atoms with E-state index in [4.69, 9.17) is 4.74 Å². The summed E-state index contributed by atoms with van der Waals surface area (Å²) >= 11 is 0. The number of ether oxygens (including phenoxy) is 1. The van der Waals surface area contributed by atoms with Crippen LogP contribution in [0.3, 0.4) is 0 Å². The molecule has 0 radical (unpaired) electrons. The molecule has 1 aromatic carbocycles. The molecule has 150 valence electrons. The van der Waals surface area contributed by atoms with Gasteiger partial charge in [0.05, 0.1) is 11.0 Å². The van der Waals surface area contributed by atoms with Crippen LogP contribution in [0.1, 0.15) is 62.7 Å². The predicted molar refractivity (Wildman–Crippen MR) is 103 cm³/mol. The smallest absolute Gasteiger partial charge is 0.312 e. The normalized spacial score (nSPS) is 34.0. The van der Waals surface area contributed by atoms with Gasteiger partial charge in [0.15, 0.2) is 11.9 Å². The lowest BCUT2D eigenvalue weighted by atomic mass is 9.48. The molecule has 4 bridgehead atoms. The van der Waals surface area contributed by atoms with E-state index in [0.717, 1.165) is 32.1 Å². The summed E-state index contributed by atoms with van der Waals surface area (Å²) in [5, 5.41) is 13.5. The van der Waals surface area contributed by atoms with Crippen molar-refractivity contribution in [2.24, 2.45) is 17.3 Å². The standard InChI is InChI=1S/C22H27NO5/c1-13(24)17-3-5-18(6-4-17)23-19(25)14(2)28-20(26)21-8-15-7-16(9-21)11-22(27,10-15)12-21/h3-6,14-16,27H,7-12H2,1-2H3,(H,23,25)/t14-,15-,16+,21?,22?/m0/s1. The number of aliphatic hydroxyl groups is 1. The van der Waals surface area contributed by atoms with Crippen molar-refractivity contribution in [3.63, 3.8) is 0 Å². The van der Waals surface area contributed by atoms with E-state index in [1.165, 1.54) is 6.92 Å². The lowest BCUT2D eigenvalue weighted by molar-refractivity contribution is -0.199. The summed E-state index contributed by atoms with van der Waals surface area (Å²) in [5.74, 6) is -0.0511. The van der Waals surface area contributed by atoms with Gasteiger partial charge < -0.3 is 15.2 Å². The summed E-state index contributed by atoms with van der Waals surface area (Å²) in [4.78, 5) is 36.8. The van der Waals surface area contributed by atoms with Gasteiger partial charge in [0.2, 0.25) is 0 Å². The number of rotatable bonds is 5. The predicted octanol–water partition coefficient (Wildman–Crippen LogP) is 3.09. The van der Waals surface area contributed by atoms with Crippen LogP contribution >= 0.6 is 0 Å². The van der Waals surface area contributed by atoms with Crippen molar-refractivity contribution in [3.8, 4) is 0 Å². The Bertz CT molecular complexity index is 801. The topological polar surface area (TPSA) is 92.7 Å². The van der Waals surface area contributed by atoms with Crippen LogP contribution in [0.5, 0.6) is 0 Å². The van der Waals surface area contributed by atoms with Gasteiger partial charge in [-0.05, 0) is 88.5 Å². The highest BCUT2D eigenvalue weighted by Gasteiger charge is 2.61. The Kier molecular flexibility index (Phi) is 4.57. The third-order valence-corrected chi connectivity index (χ3v) is 6.68. The molecule has 0 saturated heterocycles. The number of carbonyl (C=O) groups excluding carboxylic acids is 3. The Morgan fingerprint density at radius 1 is 1.11 bits per heavy atom. The first kappa shape index (κ1) is 19.1. The Morgan fingerprint density at radius 2 is 1.71 bits per heavy atom. The van der Waals surface area contributed by atoms with Crippen molar-refractivity contribution in [1.82, 2.24) is 0 Å². The molecule has 28 heavy (non-hydrogen) atoms. The van der Waals surface area contributed by atoms with Crippen molar-refractivity contribution in [1.29, 1.82) is 0 Å². The number of hydrogen-bond donors (Lipinski definition) is 2. The highest BCUT2D eigenvalue weighted by molar-refractivity contribution is 5.97. The molecule has 4 fully saturated rings. The zero-order valence-electron chi connectivity index (χ0n) is 16.4. The molecule has 1 aromatic rings. The van der Waals surface area contributed by atoms with Crippen LogP contribution in [0, 0.1) is 17.3 Å². The molecule has 2 N–H and O–H groups in total. The summed E-state index contributed by atoms with van der Waals surface area (Å²) in [5.41, 5.74) is -0.275. The molecule has 0 spiro atoms. The largest absolute Gasteiger partial charge is 0.452 e. The number of ketones is 1. The van der Waals surface area contributed by atoms with Crippen LogP contribution in [0.4, 0.5) is 5.69 Å². The van der Waals surface area contributed by atoms with Crippen LogP contribution in [-0.4, -0.2) is 34.5 Å². The first-order valence-electron chi connectivity index (χ1n) is 10.0. The average Bonchev–Trinajstić information content (AvgIpc) is 2.59. The molecule has 5 rings (SSSR count). The van der Waals surface area contributed by atoms with Crippen molar-refractivity contribution in [3.05, 3.63) is 29.8 Å². The summed E-state index contributed by atoms with van der Waals surface area (Å²) < 4.78 is 5.56. The lowest BCUT2D eigenvalue weighted by Crippen LogP contribution is -2.59. The van der Waals surface area contributed by atoms with Crippen molar-refractivity contribution in [2.45, 2.75) is 64.1 Å². The number of carbonyl (C=O) groups is 3. The quantitative estimate of drug-likeness (QED) is 0.600. The molecule has 4 aliphatic rings. The molecule has 6 nitrogen and oxygen atoms in total. The SMILES string of the molecule is CC(=O)c1ccc(NC(=O)[C@H](C)OC(=O)C23C[C@@H]4C[C@@H](CC(O)(C4)C2)C3)cc1. The van der Waals surface area contributed by atoms with E-state index in [2.05, 4.69) is 5.32 Å². The minimum absolute atomic E-state index is 0.0441. The second-order valence-corrected chi connectivity index (χ2v) is 9.14. The Labute approximate surface area is 164 Å². The van der Waals surface area contributed by atoms with Gasteiger partial charge in [0.1, 0.15) is 0 Å². The van der Waals surface area contributed by atoms with Gasteiger partial charge in [-0.15, -0.1) is 0 Å². The van der Waals surface area contributed by atoms with Crippen molar-refractivity contribution >= 4 is 23.3 Å². The van der Waals surface area contributed by atoms with Gasteiger partial charge in [-0.25, -0.2) is 0 Å². The van der Waals surface area contributed by atoms with E-state index >= 15 is 0 Å². The maximum atomic E-state index is 13.0. The molecule has 0 aromatic heterocycles. The number of benzene rings is 1. The van der Waals surface area contributed by atoms with Crippen LogP contribution in [0.15, 0.2) is 24.3 Å². The van der Waals surface area contributed by atoms with Crippen molar-refractivity contribution < 1.29 is 24.2 Å². The summed E-state index contributed by atoms with van der Waals surface area (Å²) in [6.07, 6.45) is 3.69. The number of hydrogen-bond acceptors (Lipinski definition) is 5. The fourth-order valence-electron chi connectivity index (χ4n) is 5.82. The first-order valence-corrected chi connectivity index (χ1v) is 10.0. The second kappa shape index (κ2) is 6.69. The average molecular weight is 385 g/mol. The molecule has 2 unspecified atom stereocenters. The van der Waals surface area contributed by atoms with Gasteiger partial charge in [0, 0.05) is 11.3 Å².